The summed E-state index contributed by atoms with van der Waals surface area (Å²) in [6.07, 6.45) is -4.39. The van der Waals surface area contributed by atoms with Gasteiger partial charge in [-0.05, 0) is 12.3 Å². The van der Waals surface area contributed by atoms with E-state index in [0.29, 0.717) is 0 Å². The van der Waals surface area contributed by atoms with Gasteiger partial charge in [0.2, 0.25) is 9.05 Å². The second kappa shape index (κ2) is 2.77. The average molecular weight is 223 g/mol. The Morgan fingerprint density at radius 2 is 1.92 bits per heavy atom. The fourth-order valence-corrected chi connectivity index (χ4v) is 2.45. The molecule has 1 aliphatic rings. The molecular formula is C5H6ClF3O2S. The summed E-state index contributed by atoms with van der Waals surface area (Å²) in [6.45, 7) is 0. The topological polar surface area (TPSA) is 34.1 Å². The molecular weight excluding hydrogens is 217 g/mol. The van der Waals surface area contributed by atoms with Gasteiger partial charge in [-0.25, -0.2) is 8.42 Å². The number of halogens is 4. The van der Waals surface area contributed by atoms with E-state index >= 15 is 0 Å². The molecule has 0 amide bonds. The zero-order valence-corrected chi connectivity index (χ0v) is 7.38. The maximum atomic E-state index is 11.8. The molecule has 1 rings (SSSR count). The van der Waals surface area contributed by atoms with Crippen LogP contribution in [0.2, 0.25) is 0 Å². The summed E-state index contributed by atoms with van der Waals surface area (Å²) < 4.78 is 56.2. The highest BCUT2D eigenvalue weighted by atomic mass is 35.7. The van der Waals surface area contributed by atoms with Crippen LogP contribution in [0.15, 0.2) is 0 Å². The smallest absolute Gasteiger partial charge is 0.212 e. The second-order valence-corrected chi connectivity index (χ2v) is 5.67. The lowest BCUT2D eigenvalue weighted by molar-refractivity contribution is -0.150. The average Bonchev–Trinajstić information content (AvgIpc) is 2.37. The SMILES string of the molecule is O=S(=O)(Cl)C[C@@H]1C[C@H]1C(F)(F)F. The zero-order valence-electron chi connectivity index (χ0n) is 5.81. The van der Waals surface area contributed by atoms with Gasteiger partial charge in [-0.1, -0.05) is 0 Å². The molecule has 0 radical (unpaired) electrons. The summed E-state index contributed by atoms with van der Waals surface area (Å²) >= 11 is 0. The predicted octanol–water partition coefficient (Wildman–Crippen LogP) is 1.75. The van der Waals surface area contributed by atoms with Crippen LogP contribution < -0.4 is 0 Å². The molecule has 1 fully saturated rings. The van der Waals surface area contributed by atoms with Gasteiger partial charge in [-0.15, -0.1) is 0 Å². The van der Waals surface area contributed by atoms with Crippen LogP contribution >= 0.6 is 10.7 Å². The first-order chi connectivity index (χ1) is 5.20. The molecule has 1 aliphatic carbocycles. The van der Waals surface area contributed by atoms with Crippen LogP contribution in [0.5, 0.6) is 0 Å². The Hall–Kier alpha value is 0.0300. The zero-order chi connectivity index (χ0) is 9.57. The van der Waals surface area contributed by atoms with Crippen molar-refractivity contribution in [3.63, 3.8) is 0 Å². The van der Waals surface area contributed by atoms with Crippen molar-refractivity contribution >= 4 is 19.7 Å². The van der Waals surface area contributed by atoms with Crippen LogP contribution in [0.1, 0.15) is 6.42 Å². The standard InChI is InChI=1S/C5H6ClF3O2S/c6-12(10,11)2-3-1-4(3)5(7,8)9/h3-4H,1-2H2/t3-,4+/m0/s1. The fourth-order valence-electron chi connectivity index (χ4n) is 1.09. The van der Waals surface area contributed by atoms with Gasteiger partial charge >= 0.3 is 6.18 Å². The van der Waals surface area contributed by atoms with E-state index in [4.69, 9.17) is 10.7 Å². The van der Waals surface area contributed by atoms with Gasteiger partial charge in [0.1, 0.15) is 0 Å². The Labute approximate surface area is 72.1 Å². The van der Waals surface area contributed by atoms with Gasteiger partial charge in [0.25, 0.3) is 0 Å². The van der Waals surface area contributed by atoms with E-state index in [1.807, 2.05) is 0 Å². The van der Waals surface area contributed by atoms with Crippen molar-refractivity contribution in [1.29, 1.82) is 0 Å². The Morgan fingerprint density at radius 1 is 1.42 bits per heavy atom. The molecule has 12 heavy (non-hydrogen) atoms. The van der Waals surface area contributed by atoms with E-state index in [2.05, 4.69) is 0 Å². The molecule has 7 heteroatoms. The minimum Gasteiger partial charge on any atom is -0.212 e. The number of rotatable bonds is 2. The Balaban J connectivity index is 2.45. The Morgan fingerprint density at radius 3 is 2.17 bits per heavy atom. The summed E-state index contributed by atoms with van der Waals surface area (Å²) in [7, 11) is 1.01. The van der Waals surface area contributed by atoms with Crippen molar-refractivity contribution in [2.45, 2.75) is 12.6 Å². The Kier molecular flexibility index (Phi) is 2.33. The van der Waals surface area contributed by atoms with Crippen molar-refractivity contribution in [3.05, 3.63) is 0 Å². The fraction of sp³-hybridized carbons (Fsp3) is 1.00. The van der Waals surface area contributed by atoms with Gasteiger partial charge in [0.05, 0.1) is 11.7 Å². The number of hydrogen-bond acceptors (Lipinski definition) is 2. The van der Waals surface area contributed by atoms with Gasteiger partial charge in [0, 0.05) is 10.7 Å². The lowest BCUT2D eigenvalue weighted by Crippen LogP contribution is -2.14. The Bertz CT molecular complexity index is 271. The molecule has 2 atom stereocenters. The molecule has 0 N–H and O–H groups in total. The minimum absolute atomic E-state index is 0.116. The van der Waals surface area contributed by atoms with Crippen molar-refractivity contribution in [2.75, 3.05) is 5.75 Å². The first-order valence-electron chi connectivity index (χ1n) is 3.19. The molecule has 0 unspecified atom stereocenters. The van der Waals surface area contributed by atoms with Gasteiger partial charge in [-0.2, -0.15) is 13.2 Å². The van der Waals surface area contributed by atoms with Gasteiger partial charge in [-0.3, -0.25) is 0 Å². The van der Waals surface area contributed by atoms with Crippen LogP contribution in [0.25, 0.3) is 0 Å². The van der Waals surface area contributed by atoms with Crippen LogP contribution in [-0.4, -0.2) is 20.3 Å². The predicted molar refractivity (Wildman–Crippen MR) is 37.3 cm³/mol. The van der Waals surface area contributed by atoms with E-state index in [9.17, 15) is 21.6 Å². The van der Waals surface area contributed by atoms with E-state index in [-0.39, 0.29) is 6.42 Å². The van der Waals surface area contributed by atoms with E-state index in [1.54, 1.807) is 0 Å². The summed E-state index contributed by atoms with van der Waals surface area (Å²) in [4.78, 5) is 0. The van der Waals surface area contributed by atoms with Crippen LogP contribution in [0.4, 0.5) is 13.2 Å². The summed E-state index contributed by atoms with van der Waals surface area (Å²) in [6, 6.07) is 0. The number of alkyl halides is 3. The highest BCUT2D eigenvalue weighted by molar-refractivity contribution is 8.13. The molecule has 0 aromatic carbocycles. The summed E-state index contributed by atoms with van der Waals surface area (Å²) in [5, 5.41) is 0. The van der Waals surface area contributed by atoms with E-state index in [1.165, 1.54) is 0 Å². The highest BCUT2D eigenvalue weighted by Gasteiger charge is 2.56. The van der Waals surface area contributed by atoms with Gasteiger partial charge in [0.15, 0.2) is 0 Å². The molecule has 0 saturated heterocycles. The maximum Gasteiger partial charge on any atom is 0.392 e. The van der Waals surface area contributed by atoms with Crippen molar-refractivity contribution in [3.8, 4) is 0 Å². The lowest BCUT2D eigenvalue weighted by Gasteiger charge is -2.03. The van der Waals surface area contributed by atoms with Crippen LogP contribution in [-0.2, 0) is 9.05 Å². The molecule has 0 aromatic rings. The summed E-state index contributed by atoms with van der Waals surface area (Å²) in [5.74, 6) is -2.86. The number of hydrogen-bond donors (Lipinski definition) is 0. The second-order valence-electron chi connectivity index (χ2n) is 2.85. The molecule has 0 bridgehead atoms. The molecule has 0 heterocycles. The molecule has 0 spiro atoms. The lowest BCUT2D eigenvalue weighted by atomic mass is 10.3. The third-order valence-electron chi connectivity index (χ3n) is 1.76. The quantitative estimate of drug-likeness (QED) is 0.667. The summed E-state index contributed by atoms with van der Waals surface area (Å²) in [5.41, 5.74) is 0. The third-order valence-corrected chi connectivity index (χ3v) is 2.96. The maximum absolute atomic E-state index is 11.8. The van der Waals surface area contributed by atoms with Crippen molar-refractivity contribution in [1.82, 2.24) is 0 Å². The first kappa shape index (κ1) is 10.1. The van der Waals surface area contributed by atoms with Crippen molar-refractivity contribution in [2.24, 2.45) is 11.8 Å². The third kappa shape index (κ3) is 2.82. The van der Waals surface area contributed by atoms with Crippen molar-refractivity contribution < 1.29 is 21.6 Å². The molecule has 0 aliphatic heterocycles. The molecule has 72 valence electrons. The van der Waals surface area contributed by atoms with Crippen LogP contribution in [0, 0.1) is 11.8 Å². The first-order valence-corrected chi connectivity index (χ1v) is 5.67. The molecule has 1 saturated carbocycles. The highest BCUT2D eigenvalue weighted by Crippen LogP contribution is 2.50. The molecule has 2 nitrogen and oxygen atoms in total. The van der Waals surface area contributed by atoms with E-state index < -0.39 is 32.8 Å². The van der Waals surface area contributed by atoms with E-state index in [0.717, 1.165) is 0 Å². The monoisotopic (exact) mass is 222 g/mol. The largest absolute Gasteiger partial charge is 0.392 e. The minimum atomic E-state index is -4.27. The normalized spacial score (nSPS) is 30.3. The van der Waals surface area contributed by atoms with Gasteiger partial charge < -0.3 is 0 Å². The molecule has 0 aromatic heterocycles. The van der Waals surface area contributed by atoms with Crippen LogP contribution in [0.3, 0.4) is 0 Å².